The molecule has 2 aromatic heterocycles. The lowest BCUT2D eigenvalue weighted by atomic mass is 10.6. The highest BCUT2D eigenvalue weighted by Gasteiger charge is 2.05. The van der Waals surface area contributed by atoms with Crippen molar-refractivity contribution in [3.63, 3.8) is 0 Å². The highest BCUT2D eigenvalue weighted by molar-refractivity contribution is 9.10. The molecule has 0 unspecified atom stereocenters. The number of nitrogens with two attached hydrogens (primary N) is 1. The zero-order valence-corrected chi connectivity index (χ0v) is 9.20. The van der Waals surface area contributed by atoms with Gasteiger partial charge in [0.1, 0.15) is 0 Å². The van der Waals surface area contributed by atoms with Crippen LogP contribution in [0, 0.1) is 0 Å². The number of nitrogen functional groups attached to an aromatic ring is 1. The molecular weight excluding hydrogens is 269 g/mol. The lowest BCUT2D eigenvalue weighted by Gasteiger charge is -1.96. The van der Waals surface area contributed by atoms with E-state index in [1.54, 1.807) is 6.20 Å². The van der Waals surface area contributed by atoms with E-state index in [1.807, 2.05) is 0 Å². The summed E-state index contributed by atoms with van der Waals surface area (Å²) in [5, 5.41) is 4.47. The van der Waals surface area contributed by atoms with Crippen LogP contribution in [0.2, 0.25) is 5.02 Å². The van der Waals surface area contributed by atoms with Gasteiger partial charge in [-0.25, -0.2) is 14.6 Å². The molecule has 2 heterocycles. The van der Waals surface area contributed by atoms with Gasteiger partial charge in [-0.3, -0.25) is 0 Å². The van der Waals surface area contributed by atoms with E-state index in [0.29, 0.717) is 21.3 Å². The molecule has 0 aliphatic rings. The average molecular weight is 275 g/mol. The molecule has 0 fully saturated rings. The first-order valence-corrected chi connectivity index (χ1v) is 4.82. The Morgan fingerprint density at radius 3 is 2.50 bits per heavy atom. The highest BCUT2D eigenvalue weighted by Crippen LogP contribution is 2.17. The van der Waals surface area contributed by atoms with Gasteiger partial charge in [0.25, 0.3) is 5.95 Å². The largest absolute Gasteiger partial charge is 0.381 e. The Morgan fingerprint density at radius 2 is 2.00 bits per heavy atom. The van der Waals surface area contributed by atoms with Crippen LogP contribution in [0.25, 0.3) is 5.95 Å². The van der Waals surface area contributed by atoms with Gasteiger partial charge in [-0.05, 0) is 15.9 Å². The van der Waals surface area contributed by atoms with Crippen molar-refractivity contribution >= 4 is 33.3 Å². The quantitative estimate of drug-likeness (QED) is 0.858. The Balaban J connectivity index is 2.44. The number of hydrogen-bond donors (Lipinski definition) is 1. The first-order valence-electron chi connectivity index (χ1n) is 3.65. The van der Waals surface area contributed by atoms with Crippen molar-refractivity contribution in [2.24, 2.45) is 0 Å². The zero-order valence-electron chi connectivity index (χ0n) is 6.85. The van der Waals surface area contributed by atoms with Crippen LogP contribution in [0.15, 0.2) is 23.1 Å². The molecule has 0 aromatic carbocycles. The molecule has 0 aliphatic carbocycles. The minimum atomic E-state index is 0.392. The number of hydrogen-bond acceptors (Lipinski definition) is 4. The van der Waals surface area contributed by atoms with E-state index < -0.39 is 0 Å². The van der Waals surface area contributed by atoms with E-state index in [-0.39, 0.29) is 0 Å². The maximum absolute atomic E-state index is 5.65. The highest BCUT2D eigenvalue weighted by atomic mass is 79.9. The first kappa shape index (κ1) is 9.42. The lowest BCUT2D eigenvalue weighted by molar-refractivity contribution is 0.812. The van der Waals surface area contributed by atoms with Gasteiger partial charge in [0, 0.05) is 0 Å². The predicted molar refractivity (Wildman–Crippen MR) is 56.3 cm³/mol. The molecule has 0 amide bonds. The van der Waals surface area contributed by atoms with Crippen molar-refractivity contribution in [1.82, 2.24) is 19.7 Å². The minimum absolute atomic E-state index is 0.392. The van der Waals surface area contributed by atoms with Gasteiger partial charge in [-0.1, -0.05) is 11.6 Å². The second kappa shape index (κ2) is 3.55. The van der Waals surface area contributed by atoms with Crippen molar-refractivity contribution < 1.29 is 0 Å². The van der Waals surface area contributed by atoms with Gasteiger partial charge < -0.3 is 5.73 Å². The maximum atomic E-state index is 5.65. The van der Waals surface area contributed by atoms with Gasteiger partial charge in [-0.2, -0.15) is 0 Å². The van der Waals surface area contributed by atoms with Gasteiger partial charge >= 0.3 is 0 Å². The summed E-state index contributed by atoms with van der Waals surface area (Å²) in [6.07, 6.45) is 4.67. The van der Waals surface area contributed by atoms with Gasteiger partial charge in [0.15, 0.2) is 5.82 Å². The minimum Gasteiger partial charge on any atom is -0.381 e. The normalized spacial score (nSPS) is 10.4. The lowest BCUT2D eigenvalue weighted by Crippen LogP contribution is -2.01. The van der Waals surface area contributed by atoms with Gasteiger partial charge in [0.05, 0.1) is 28.1 Å². The number of aromatic nitrogens is 4. The molecule has 2 rings (SSSR count). The van der Waals surface area contributed by atoms with Crippen molar-refractivity contribution in [3.8, 4) is 5.95 Å². The molecule has 5 nitrogen and oxygen atoms in total. The van der Waals surface area contributed by atoms with Crippen LogP contribution in [0.4, 0.5) is 5.82 Å². The maximum Gasteiger partial charge on any atom is 0.250 e. The molecule has 0 spiro atoms. The molecule has 7 heteroatoms. The molecular formula is C7H5BrClN5. The summed E-state index contributed by atoms with van der Waals surface area (Å²) >= 11 is 8.88. The first-order chi connectivity index (χ1) is 6.66. The summed E-state index contributed by atoms with van der Waals surface area (Å²) in [7, 11) is 0. The van der Waals surface area contributed by atoms with Crippen molar-refractivity contribution in [2.75, 3.05) is 5.73 Å². The van der Waals surface area contributed by atoms with E-state index in [0.717, 1.165) is 0 Å². The fourth-order valence-corrected chi connectivity index (χ4v) is 1.26. The molecule has 2 N–H and O–H groups in total. The van der Waals surface area contributed by atoms with Crippen LogP contribution in [0.5, 0.6) is 0 Å². The molecule has 0 radical (unpaired) electrons. The third kappa shape index (κ3) is 1.71. The fourth-order valence-electron chi connectivity index (χ4n) is 0.892. The SMILES string of the molecule is Nc1nn(-c2ncc(Cl)cn2)cc1Br. The number of halogens is 2. The smallest absolute Gasteiger partial charge is 0.250 e. The number of rotatable bonds is 1. The van der Waals surface area contributed by atoms with Crippen molar-refractivity contribution in [2.45, 2.75) is 0 Å². The van der Waals surface area contributed by atoms with Crippen LogP contribution in [0.3, 0.4) is 0 Å². The standard InChI is InChI=1S/C7H5BrClN5/c8-5-3-14(13-6(5)10)7-11-1-4(9)2-12-7/h1-3H,(H2,10,13). The van der Waals surface area contributed by atoms with Crippen LogP contribution in [-0.2, 0) is 0 Å². The summed E-state index contributed by atoms with van der Waals surface area (Å²) in [6.45, 7) is 0. The number of nitrogens with zero attached hydrogens (tertiary/aromatic N) is 4. The summed E-state index contributed by atoms with van der Waals surface area (Å²) in [6, 6.07) is 0. The Morgan fingerprint density at radius 1 is 1.36 bits per heavy atom. The molecule has 72 valence electrons. The van der Waals surface area contributed by atoms with E-state index in [2.05, 4.69) is 31.0 Å². The zero-order chi connectivity index (χ0) is 10.1. The third-order valence-corrected chi connectivity index (χ3v) is 2.31. The van der Waals surface area contributed by atoms with E-state index >= 15 is 0 Å². The second-order valence-corrected chi connectivity index (χ2v) is 3.80. The van der Waals surface area contributed by atoms with Crippen LogP contribution in [-0.4, -0.2) is 19.7 Å². The molecule has 0 bridgehead atoms. The Bertz CT molecular complexity index is 432. The summed E-state index contributed by atoms with van der Waals surface area (Å²) in [5.74, 6) is 0.815. The molecule has 2 aromatic rings. The molecule has 0 atom stereocenters. The topological polar surface area (TPSA) is 69.6 Å². The molecule has 0 saturated heterocycles. The second-order valence-electron chi connectivity index (χ2n) is 2.51. The summed E-state index contributed by atoms with van der Waals surface area (Å²) < 4.78 is 2.17. The Hall–Kier alpha value is -1.14. The van der Waals surface area contributed by atoms with E-state index in [9.17, 15) is 0 Å². The monoisotopic (exact) mass is 273 g/mol. The van der Waals surface area contributed by atoms with Crippen LogP contribution < -0.4 is 5.73 Å². The summed E-state index contributed by atoms with van der Waals surface area (Å²) in [4.78, 5) is 7.97. The molecule has 0 saturated carbocycles. The van der Waals surface area contributed by atoms with Gasteiger partial charge in [0.2, 0.25) is 0 Å². The number of anilines is 1. The summed E-state index contributed by atoms with van der Waals surface area (Å²) in [5.41, 5.74) is 5.55. The van der Waals surface area contributed by atoms with E-state index in [1.165, 1.54) is 17.1 Å². The van der Waals surface area contributed by atoms with E-state index in [4.69, 9.17) is 17.3 Å². The van der Waals surface area contributed by atoms with Crippen LogP contribution >= 0.6 is 27.5 Å². The van der Waals surface area contributed by atoms with Crippen LogP contribution in [0.1, 0.15) is 0 Å². The van der Waals surface area contributed by atoms with Crippen molar-refractivity contribution in [1.29, 1.82) is 0 Å². The van der Waals surface area contributed by atoms with Crippen molar-refractivity contribution in [3.05, 3.63) is 28.1 Å². The van der Waals surface area contributed by atoms with Gasteiger partial charge in [-0.15, -0.1) is 5.10 Å². The molecule has 14 heavy (non-hydrogen) atoms. The average Bonchev–Trinajstić information content (AvgIpc) is 2.48. The molecule has 0 aliphatic heterocycles. The predicted octanol–water partition coefficient (Wildman–Crippen LogP) is 1.66. The third-order valence-electron chi connectivity index (χ3n) is 1.51. The Labute approximate surface area is 93.0 Å². The fraction of sp³-hybridized carbons (Fsp3) is 0. The Kier molecular flexibility index (Phi) is 2.39.